The Labute approximate surface area is 85.3 Å². The second-order valence-corrected chi connectivity index (χ2v) is 3.81. The molecule has 0 saturated heterocycles. The highest BCUT2D eigenvalue weighted by molar-refractivity contribution is 9.12. The van der Waals surface area contributed by atoms with E-state index in [1.165, 1.54) is 6.07 Å². The second-order valence-electron chi connectivity index (χ2n) is 2.05. The molecule has 0 fully saturated rings. The molecule has 0 spiro atoms. The van der Waals surface area contributed by atoms with E-state index in [0.29, 0.717) is 11.1 Å². The molecule has 4 nitrogen and oxygen atoms in total. The van der Waals surface area contributed by atoms with Gasteiger partial charge in [0.15, 0.2) is 0 Å². The SMILES string of the molecule is O=[N+]([O-])c1ccc(C(Br)CBr)o1. The molecular formula is C6H5Br2NO3. The van der Waals surface area contributed by atoms with Crippen molar-refractivity contribution in [2.45, 2.75) is 4.83 Å². The molecule has 1 heterocycles. The van der Waals surface area contributed by atoms with Crippen molar-refractivity contribution in [2.75, 3.05) is 5.33 Å². The van der Waals surface area contributed by atoms with Crippen LogP contribution in [0.25, 0.3) is 0 Å². The van der Waals surface area contributed by atoms with Crippen molar-refractivity contribution in [2.24, 2.45) is 0 Å². The van der Waals surface area contributed by atoms with Crippen LogP contribution in [-0.2, 0) is 0 Å². The van der Waals surface area contributed by atoms with E-state index in [-0.39, 0.29) is 10.7 Å². The van der Waals surface area contributed by atoms with Gasteiger partial charge in [0.05, 0.1) is 10.9 Å². The summed E-state index contributed by atoms with van der Waals surface area (Å²) in [6.45, 7) is 0. The minimum Gasteiger partial charge on any atom is -0.405 e. The minimum atomic E-state index is -0.558. The highest BCUT2D eigenvalue weighted by Gasteiger charge is 2.16. The molecule has 0 N–H and O–H groups in total. The summed E-state index contributed by atoms with van der Waals surface area (Å²) < 4.78 is 4.92. The molecule has 0 bridgehead atoms. The lowest BCUT2D eigenvalue weighted by Crippen LogP contribution is -1.87. The molecule has 66 valence electrons. The van der Waals surface area contributed by atoms with Gasteiger partial charge in [-0.3, -0.25) is 10.1 Å². The molecule has 1 unspecified atom stereocenters. The summed E-state index contributed by atoms with van der Waals surface area (Å²) in [6, 6.07) is 2.92. The number of hydrogen-bond donors (Lipinski definition) is 0. The van der Waals surface area contributed by atoms with Gasteiger partial charge in [0.1, 0.15) is 10.7 Å². The molecule has 0 aromatic carbocycles. The average molecular weight is 299 g/mol. The molecular weight excluding hydrogens is 294 g/mol. The van der Waals surface area contributed by atoms with Gasteiger partial charge >= 0.3 is 5.88 Å². The van der Waals surface area contributed by atoms with E-state index in [4.69, 9.17) is 4.42 Å². The van der Waals surface area contributed by atoms with E-state index < -0.39 is 4.92 Å². The van der Waals surface area contributed by atoms with Crippen LogP contribution in [0.1, 0.15) is 10.6 Å². The molecule has 1 atom stereocenters. The minimum absolute atomic E-state index is 0.0220. The van der Waals surface area contributed by atoms with E-state index in [9.17, 15) is 10.1 Å². The number of halogens is 2. The first kappa shape index (κ1) is 9.73. The zero-order valence-corrected chi connectivity index (χ0v) is 9.04. The third-order valence-corrected chi connectivity index (χ3v) is 3.53. The summed E-state index contributed by atoms with van der Waals surface area (Å²) in [7, 11) is 0. The van der Waals surface area contributed by atoms with Gasteiger partial charge in [-0.1, -0.05) is 31.9 Å². The second kappa shape index (κ2) is 4.04. The molecule has 0 aliphatic heterocycles. The predicted molar refractivity (Wildman–Crippen MR) is 50.8 cm³/mol. The Morgan fingerprint density at radius 3 is 2.75 bits per heavy atom. The van der Waals surface area contributed by atoms with Crippen LogP contribution in [0.5, 0.6) is 0 Å². The quantitative estimate of drug-likeness (QED) is 0.490. The molecule has 1 rings (SSSR count). The summed E-state index contributed by atoms with van der Waals surface area (Å²) in [4.78, 5) is 9.63. The Hall–Kier alpha value is -0.360. The van der Waals surface area contributed by atoms with E-state index in [1.54, 1.807) is 6.07 Å². The van der Waals surface area contributed by atoms with Crippen LogP contribution >= 0.6 is 31.9 Å². The van der Waals surface area contributed by atoms with Gasteiger partial charge in [0.25, 0.3) is 0 Å². The topological polar surface area (TPSA) is 56.3 Å². The molecule has 6 heteroatoms. The maximum Gasteiger partial charge on any atom is 0.433 e. The van der Waals surface area contributed by atoms with Crippen molar-refractivity contribution < 1.29 is 9.34 Å². The first-order valence-corrected chi connectivity index (χ1v) is 5.13. The van der Waals surface area contributed by atoms with Gasteiger partial charge in [-0.15, -0.1) is 0 Å². The fraction of sp³-hybridized carbons (Fsp3) is 0.333. The molecule has 0 aliphatic rings. The van der Waals surface area contributed by atoms with E-state index in [0.717, 1.165) is 0 Å². The molecule has 0 amide bonds. The normalized spacial score (nSPS) is 12.8. The van der Waals surface area contributed by atoms with Crippen LogP contribution in [0.2, 0.25) is 0 Å². The fourth-order valence-corrected chi connectivity index (χ4v) is 1.25. The molecule has 0 saturated carbocycles. The van der Waals surface area contributed by atoms with Crippen LogP contribution in [0.3, 0.4) is 0 Å². The monoisotopic (exact) mass is 297 g/mol. The maximum atomic E-state index is 10.2. The zero-order chi connectivity index (χ0) is 9.14. The van der Waals surface area contributed by atoms with E-state index in [2.05, 4.69) is 31.9 Å². The van der Waals surface area contributed by atoms with Crippen molar-refractivity contribution in [3.63, 3.8) is 0 Å². The number of furan rings is 1. The van der Waals surface area contributed by atoms with Gasteiger partial charge in [-0.05, 0) is 6.07 Å². The highest BCUT2D eigenvalue weighted by atomic mass is 79.9. The van der Waals surface area contributed by atoms with Crippen molar-refractivity contribution in [1.82, 2.24) is 0 Å². The Morgan fingerprint density at radius 2 is 2.33 bits per heavy atom. The Kier molecular flexibility index (Phi) is 3.28. The average Bonchev–Trinajstić information content (AvgIpc) is 2.51. The first-order valence-electron chi connectivity index (χ1n) is 3.09. The number of hydrogen-bond acceptors (Lipinski definition) is 3. The molecule has 0 radical (unpaired) electrons. The molecule has 0 aliphatic carbocycles. The Balaban J connectivity index is 2.84. The van der Waals surface area contributed by atoms with Gasteiger partial charge in [0.2, 0.25) is 0 Å². The fourth-order valence-electron chi connectivity index (χ4n) is 0.685. The van der Waals surface area contributed by atoms with Crippen molar-refractivity contribution in [3.05, 3.63) is 28.0 Å². The largest absolute Gasteiger partial charge is 0.433 e. The number of alkyl halides is 2. The van der Waals surface area contributed by atoms with Gasteiger partial charge in [0, 0.05) is 5.33 Å². The van der Waals surface area contributed by atoms with E-state index in [1.807, 2.05) is 0 Å². The third-order valence-electron chi connectivity index (χ3n) is 1.24. The zero-order valence-electron chi connectivity index (χ0n) is 5.87. The Bertz CT molecular complexity index is 286. The van der Waals surface area contributed by atoms with Crippen LogP contribution in [0, 0.1) is 10.1 Å². The first-order chi connectivity index (χ1) is 5.65. The number of rotatable bonds is 3. The molecule has 1 aromatic rings. The molecule has 1 aromatic heterocycles. The van der Waals surface area contributed by atoms with Crippen molar-refractivity contribution in [1.29, 1.82) is 0 Å². The summed E-state index contributed by atoms with van der Waals surface area (Å²) in [5.74, 6) is 0.328. The van der Waals surface area contributed by atoms with Crippen LogP contribution in [-0.4, -0.2) is 10.3 Å². The lowest BCUT2D eigenvalue weighted by atomic mass is 10.4. The van der Waals surface area contributed by atoms with Gasteiger partial charge < -0.3 is 4.42 Å². The van der Waals surface area contributed by atoms with Gasteiger partial charge in [-0.2, -0.15) is 0 Å². The van der Waals surface area contributed by atoms with E-state index >= 15 is 0 Å². The van der Waals surface area contributed by atoms with Crippen molar-refractivity contribution in [3.8, 4) is 0 Å². The molecule has 12 heavy (non-hydrogen) atoms. The smallest absolute Gasteiger partial charge is 0.405 e. The van der Waals surface area contributed by atoms with Crippen LogP contribution < -0.4 is 0 Å². The maximum absolute atomic E-state index is 10.2. The van der Waals surface area contributed by atoms with Crippen molar-refractivity contribution >= 4 is 37.7 Å². The van der Waals surface area contributed by atoms with Gasteiger partial charge in [-0.25, -0.2) is 0 Å². The summed E-state index contributed by atoms with van der Waals surface area (Å²) in [5.41, 5.74) is 0. The lowest BCUT2D eigenvalue weighted by molar-refractivity contribution is -0.402. The van der Waals surface area contributed by atoms with Crippen LogP contribution in [0.15, 0.2) is 16.5 Å². The summed E-state index contributed by atoms with van der Waals surface area (Å²) in [5, 5.41) is 10.9. The summed E-state index contributed by atoms with van der Waals surface area (Å²) in [6.07, 6.45) is 0. The van der Waals surface area contributed by atoms with Crippen LogP contribution in [0.4, 0.5) is 5.88 Å². The number of nitro groups is 1. The highest BCUT2D eigenvalue weighted by Crippen LogP contribution is 2.28. The standard InChI is InChI=1S/C6H5Br2NO3/c7-3-4(8)5-1-2-6(12-5)9(10)11/h1-2,4H,3H2. The predicted octanol–water partition coefficient (Wildman–Crippen LogP) is 3.02. The summed E-state index contributed by atoms with van der Waals surface area (Å²) >= 11 is 6.51. The number of nitrogens with zero attached hydrogens (tertiary/aromatic N) is 1. The lowest BCUT2D eigenvalue weighted by Gasteiger charge is -1.97. The third kappa shape index (κ3) is 2.07. The Morgan fingerprint density at radius 1 is 1.67 bits per heavy atom.